The Bertz CT molecular complexity index is 12.4. The van der Waals surface area contributed by atoms with Gasteiger partial charge in [0.05, 0.1) is 0 Å². The Morgan fingerprint density at radius 1 is 0.455 bits per heavy atom. The van der Waals surface area contributed by atoms with Gasteiger partial charge in [-0.05, 0) is 0 Å². The van der Waals surface area contributed by atoms with Crippen molar-refractivity contribution in [1.29, 1.82) is 0 Å². The minimum absolute atomic E-state index is 0. The summed E-state index contributed by atoms with van der Waals surface area (Å²) in [7, 11) is 0. The SMILES string of the molecule is [CH2-]CC[CH2-].[Y].[Y].[Y].[Y].[Y].[Y].[Y]. The van der Waals surface area contributed by atoms with Crippen LogP contribution in [0.5, 0.6) is 0 Å². The van der Waals surface area contributed by atoms with Crippen LogP contribution in [0.15, 0.2) is 0 Å². The molecule has 0 unspecified atom stereocenters. The summed E-state index contributed by atoms with van der Waals surface area (Å²) in [6, 6.07) is 0. The molecular formula is C4H8Y7-2. The maximum absolute atomic E-state index is 3.54. The molecule has 0 atom stereocenters. The zero-order chi connectivity index (χ0) is 3.41. The van der Waals surface area contributed by atoms with Gasteiger partial charge in [0.2, 0.25) is 0 Å². The van der Waals surface area contributed by atoms with E-state index in [1.165, 1.54) is 0 Å². The van der Waals surface area contributed by atoms with Crippen LogP contribution in [0.1, 0.15) is 12.8 Å². The zero-order valence-electron chi connectivity index (χ0n) is 6.87. The van der Waals surface area contributed by atoms with E-state index in [4.69, 9.17) is 0 Å². The van der Waals surface area contributed by atoms with Crippen molar-refractivity contribution in [3.05, 3.63) is 13.8 Å². The maximum atomic E-state index is 3.54. The first kappa shape index (κ1) is 51.1. The van der Waals surface area contributed by atoms with E-state index in [1.54, 1.807) is 0 Å². The van der Waals surface area contributed by atoms with E-state index in [1.807, 2.05) is 0 Å². The first-order valence-electron chi connectivity index (χ1n) is 1.50. The topological polar surface area (TPSA) is 0 Å². The Morgan fingerprint density at radius 3 is 0.545 bits per heavy atom. The predicted octanol–water partition coefficient (Wildman–Crippen LogP) is 1.42. The van der Waals surface area contributed by atoms with Crippen molar-refractivity contribution in [1.82, 2.24) is 0 Å². The van der Waals surface area contributed by atoms with E-state index in [-0.39, 0.29) is 229 Å². The number of hydrogen-bond donors (Lipinski definition) is 0. The second-order valence-electron chi connectivity index (χ2n) is 0.707. The number of unbranched alkanes of at least 4 members (excludes halogenated alkanes) is 1. The van der Waals surface area contributed by atoms with Crippen molar-refractivity contribution in [3.63, 3.8) is 0 Å². The number of rotatable bonds is 1. The summed E-state index contributed by atoms with van der Waals surface area (Å²) in [4.78, 5) is 0. The molecule has 0 rings (SSSR count). The van der Waals surface area contributed by atoms with Gasteiger partial charge in [-0.3, -0.25) is 0 Å². The van der Waals surface area contributed by atoms with Gasteiger partial charge < -0.3 is 13.8 Å². The Hall–Kier alpha value is 7.73. The summed E-state index contributed by atoms with van der Waals surface area (Å²) < 4.78 is 0. The molecule has 0 aromatic rings. The molecule has 11 heavy (non-hydrogen) atoms. The van der Waals surface area contributed by atoms with Crippen molar-refractivity contribution >= 4 is 0 Å². The zero-order valence-corrected chi connectivity index (χ0v) is 26.7. The van der Waals surface area contributed by atoms with Gasteiger partial charge in [-0.25, -0.2) is 12.8 Å². The minimum Gasteiger partial charge on any atom is -0.346 e. The van der Waals surface area contributed by atoms with Gasteiger partial charge in [0.25, 0.3) is 0 Å². The molecule has 0 aliphatic rings. The summed E-state index contributed by atoms with van der Waals surface area (Å²) in [5, 5.41) is 0. The smallest absolute Gasteiger partial charge is 0 e. The van der Waals surface area contributed by atoms with E-state index >= 15 is 0 Å². The molecule has 0 aliphatic carbocycles. The predicted molar refractivity (Wildman–Crippen MR) is 19.9 cm³/mol. The van der Waals surface area contributed by atoms with Crippen molar-refractivity contribution in [2.45, 2.75) is 12.8 Å². The molecule has 0 bridgehead atoms. The summed E-state index contributed by atoms with van der Waals surface area (Å²) in [5.74, 6) is 0. The quantitative estimate of drug-likeness (QED) is 0.369. The third-order valence-corrected chi connectivity index (χ3v) is 0.250. The maximum Gasteiger partial charge on any atom is 0 e. The summed E-state index contributed by atoms with van der Waals surface area (Å²) >= 11 is 0. The van der Waals surface area contributed by atoms with Gasteiger partial charge in [-0.15, -0.1) is 0 Å². The second kappa shape index (κ2) is 52.4. The summed E-state index contributed by atoms with van der Waals surface area (Å²) in [6.45, 7) is 7.08. The van der Waals surface area contributed by atoms with Crippen molar-refractivity contribution in [2.75, 3.05) is 0 Å². The molecule has 0 nitrogen and oxygen atoms in total. The fourth-order valence-corrected chi connectivity index (χ4v) is 0. The average Bonchev–Trinajstić information content (AvgIpc) is 1.37. The van der Waals surface area contributed by atoms with E-state index < -0.39 is 0 Å². The fraction of sp³-hybridized carbons (Fsp3) is 0.500. The monoisotopic (exact) mass is 678 g/mol. The van der Waals surface area contributed by atoms with Gasteiger partial charge in [0.15, 0.2) is 0 Å². The molecule has 0 saturated carbocycles. The van der Waals surface area contributed by atoms with Crippen LogP contribution >= 0.6 is 0 Å². The molecule has 7 heteroatoms. The molecular weight excluding hydrogens is 670 g/mol. The van der Waals surface area contributed by atoms with E-state index in [0.717, 1.165) is 12.8 Å². The van der Waals surface area contributed by atoms with E-state index in [9.17, 15) is 0 Å². The third kappa shape index (κ3) is 57.6. The molecule has 0 aromatic carbocycles. The first-order chi connectivity index (χ1) is 1.91. The Kier molecular flexibility index (Phi) is 244. The van der Waals surface area contributed by atoms with Crippen molar-refractivity contribution in [3.8, 4) is 0 Å². The summed E-state index contributed by atoms with van der Waals surface area (Å²) in [6.07, 6.45) is 1.92. The molecule has 0 N–H and O–H groups in total. The van der Waals surface area contributed by atoms with Crippen LogP contribution in [0.25, 0.3) is 0 Å². The molecule has 0 spiro atoms. The van der Waals surface area contributed by atoms with Gasteiger partial charge in [0, 0.05) is 229 Å². The van der Waals surface area contributed by atoms with E-state index in [0.29, 0.717) is 0 Å². The minimum atomic E-state index is 0. The number of hydrogen-bond acceptors (Lipinski definition) is 0. The Morgan fingerprint density at radius 2 is 0.545 bits per heavy atom. The second-order valence-corrected chi connectivity index (χ2v) is 0.707. The molecule has 0 fully saturated rings. The molecule has 0 amide bonds. The molecule has 0 aliphatic heterocycles. The van der Waals surface area contributed by atoms with Crippen LogP contribution in [-0.2, 0) is 229 Å². The van der Waals surface area contributed by atoms with Crippen LogP contribution in [-0.4, -0.2) is 0 Å². The van der Waals surface area contributed by atoms with Gasteiger partial charge in [-0.2, -0.15) is 0 Å². The third-order valence-electron chi connectivity index (χ3n) is 0.250. The van der Waals surface area contributed by atoms with Crippen molar-refractivity contribution < 1.29 is 229 Å². The molecule has 0 aromatic heterocycles. The summed E-state index contributed by atoms with van der Waals surface area (Å²) in [5.41, 5.74) is 0. The van der Waals surface area contributed by atoms with Crippen LogP contribution in [0.2, 0.25) is 0 Å². The molecule has 7 radical (unpaired) electrons. The van der Waals surface area contributed by atoms with Gasteiger partial charge >= 0.3 is 0 Å². The molecule has 0 saturated heterocycles. The van der Waals surface area contributed by atoms with Crippen LogP contribution in [0, 0.1) is 13.8 Å². The Labute approximate surface area is 248 Å². The van der Waals surface area contributed by atoms with E-state index in [2.05, 4.69) is 13.8 Å². The normalized spacial score (nSPS) is 2.73. The van der Waals surface area contributed by atoms with Gasteiger partial charge in [-0.1, -0.05) is 0 Å². The first-order valence-corrected chi connectivity index (χ1v) is 1.50. The van der Waals surface area contributed by atoms with Crippen molar-refractivity contribution in [2.24, 2.45) is 0 Å². The fourth-order valence-electron chi connectivity index (χ4n) is 0. The molecule has 47 valence electrons. The Balaban J connectivity index is -0.00000000214. The van der Waals surface area contributed by atoms with Crippen LogP contribution in [0.4, 0.5) is 0 Å². The largest absolute Gasteiger partial charge is 0.346 e. The van der Waals surface area contributed by atoms with Crippen LogP contribution < -0.4 is 0 Å². The van der Waals surface area contributed by atoms with Gasteiger partial charge in [0.1, 0.15) is 0 Å². The standard InChI is InChI=1S/C4H8.7Y/c1-3-4-2;;;;;;;/h1-4H2;;;;;;;/q-2;;;;;;;. The molecule has 0 heterocycles. The average molecular weight is 678 g/mol. The van der Waals surface area contributed by atoms with Crippen LogP contribution in [0.3, 0.4) is 0 Å².